The van der Waals surface area contributed by atoms with E-state index >= 15 is 0 Å². The SMILES string of the molecule is CCN(CC)c1ccc(/C=N\NC(=O)Cn2c(-c3nonc3N)nc3ccccc32)c(O)c1. The lowest BCUT2D eigenvalue weighted by Gasteiger charge is -2.21. The van der Waals surface area contributed by atoms with Gasteiger partial charge in [-0.2, -0.15) is 5.10 Å². The first kappa shape index (κ1) is 21.8. The molecule has 0 unspecified atom stereocenters. The highest BCUT2D eigenvalue weighted by Gasteiger charge is 2.20. The molecule has 4 rings (SSSR count). The number of aromatic hydroxyl groups is 1. The Hall–Kier alpha value is -4.41. The molecule has 0 aliphatic heterocycles. The number of nitrogen functional groups attached to an aromatic ring is 1. The third kappa shape index (κ3) is 4.47. The molecule has 0 bridgehead atoms. The number of hydrogen-bond donors (Lipinski definition) is 3. The molecule has 11 heteroatoms. The third-order valence-corrected chi connectivity index (χ3v) is 5.22. The summed E-state index contributed by atoms with van der Waals surface area (Å²) in [5.74, 6) is 0.117. The van der Waals surface area contributed by atoms with Crippen molar-refractivity contribution < 1.29 is 14.5 Å². The smallest absolute Gasteiger partial charge is 0.260 e. The van der Waals surface area contributed by atoms with E-state index in [0.717, 1.165) is 24.3 Å². The number of nitrogens with one attached hydrogen (secondary N) is 1. The topological polar surface area (TPSA) is 148 Å². The second kappa shape index (κ2) is 9.39. The largest absolute Gasteiger partial charge is 0.507 e. The van der Waals surface area contributed by atoms with Crippen LogP contribution in [0.3, 0.4) is 0 Å². The molecule has 2 aromatic heterocycles. The number of aromatic nitrogens is 4. The van der Waals surface area contributed by atoms with E-state index < -0.39 is 5.91 Å². The summed E-state index contributed by atoms with van der Waals surface area (Å²) in [6, 6.07) is 12.7. The minimum absolute atomic E-state index is 0.0774. The first-order chi connectivity index (χ1) is 16.0. The second-order valence-electron chi connectivity index (χ2n) is 7.22. The molecule has 11 nitrogen and oxygen atoms in total. The number of carbonyl (C=O) groups excluding carboxylic acids is 1. The minimum atomic E-state index is -0.398. The molecule has 4 aromatic rings. The van der Waals surface area contributed by atoms with E-state index in [2.05, 4.69) is 35.4 Å². The second-order valence-corrected chi connectivity index (χ2v) is 7.22. The lowest BCUT2D eigenvalue weighted by molar-refractivity contribution is -0.121. The molecule has 170 valence electrons. The summed E-state index contributed by atoms with van der Waals surface area (Å²) in [5, 5.41) is 21.7. The van der Waals surface area contributed by atoms with Gasteiger partial charge in [-0.3, -0.25) is 4.79 Å². The van der Waals surface area contributed by atoms with E-state index in [0.29, 0.717) is 16.9 Å². The van der Waals surface area contributed by atoms with E-state index in [4.69, 9.17) is 5.73 Å². The first-order valence-corrected chi connectivity index (χ1v) is 10.4. The Morgan fingerprint density at radius 2 is 2.03 bits per heavy atom. The molecule has 0 atom stereocenters. The molecule has 1 amide bonds. The molecule has 4 N–H and O–H groups in total. The molecule has 2 heterocycles. The van der Waals surface area contributed by atoms with Gasteiger partial charge in [0, 0.05) is 30.4 Å². The van der Waals surface area contributed by atoms with Crippen LogP contribution in [0.2, 0.25) is 0 Å². The molecular weight excluding hydrogens is 424 g/mol. The lowest BCUT2D eigenvalue weighted by atomic mass is 10.2. The molecule has 33 heavy (non-hydrogen) atoms. The Morgan fingerprint density at radius 1 is 1.24 bits per heavy atom. The Labute approximate surface area is 189 Å². The van der Waals surface area contributed by atoms with Crippen molar-refractivity contribution in [2.45, 2.75) is 20.4 Å². The van der Waals surface area contributed by atoms with Crippen molar-refractivity contribution in [1.29, 1.82) is 0 Å². The van der Waals surface area contributed by atoms with Gasteiger partial charge in [0.1, 0.15) is 12.3 Å². The summed E-state index contributed by atoms with van der Waals surface area (Å²) in [6.45, 7) is 5.68. The van der Waals surface area contributed by atoms with Crippen LogP contribution >= 0.6 is 0 Å². The van der Waals surface area contributed by atoms with Crippen LogP contribution in [0.4, 0.5) is 11.5 Å². The Kier molecular flexibility index (Phi) is 6.20. The molecule has 0 saturated heterocycles. The summed E-state index contributed by atoms with van der Waals surface area (Å²) in [6.07, 6.45) is 1.39. The van der Waals surface area contributed by atoms with Gasteiger partial charge in [-0.15, -0.1) is 0 Å². The van der Waals surface area contributed by atoms with Crippen LogP contribution in [0.25, 0.3) is 22.6 Å². The first-order valence-electron chi connectivity index (χ1n) is 10.4. The van der Waals surface area contributed by atoms with E-state index in [-0.39, 0.29) is 23.8 Å². The molecule has 2 aromatic carbocycles. The number of phenolic OH excluding ortho intramolecular Hbond substituents is 1. The number of anilines is 2. The Balaban J connectivity index is 1.51. The minimum Gasteiger partial charge on any atom is -0.507 e. The average molecular weight is 448 g/mol. The van der Waals surface area contributed by atoms with Crippen molar-refractivity contribution in [2.24, 2.45) is 5.10 Å². The number of fused-ring (bicyclic) bond motifs is 1. The van der Waals surface area contributed by atoms with Gasteiger partial charge in [0.15, 0.2) is 17.3 Å². The van der Waals surface area contributed by atoms with Crippen molar-refractivity contribution in [1.82, 2.24) is 25.3 Å². The van der Waals surface area contributed by atoms with E-state index in [1.54, 1.807) is 16.7 Å². The summed E-state index contributed by atoms with van der Waals surface area (Å²) >= 11 is 0. The summed E-state index contributed by atoms with van der Waals surface area (Å²) < 4.78 is 6.35. The number of hydrogen-bond acceptors (Lipinski definition) is 9. The normalized spacial score (nSPS) is 11.3. The number of para-hydroxylation sites is 2. The zero-order chi connectivity index (χ0) is 23.4. The Morgan fingerprint density at radius 3 is 2.73 bits per heavy atom. The zero-order valence-electron chi connectivity index (χ0n) is 18.3. The highest BCUT2D eigenvalue weighted by atomic mass is 16.6. The van der Waals surface area contributed by atoms with Crippen molar-refractivity contribution in [3.63, 3.8) is 0 Å². The van der Waals surface area contributed by atoms with Gasteiger partial charge < -0.3 is 20.3 Å². The van der Waals surface area contributed by atoms with E-state index in [1.807, 2.05) is 44.2 Å². The highest BCUT2D eigenvalue weighted by molar-refractivity contribution is 5.87. The molecular formula is C22H24N8O3. The molecule has 0 aliphatic rings. The number of rotatable bonds is 8. The summed E-state index contributed by atoms with van der Waals surface area (Å²) in [7, 11) is 0. The number of carbonyl (C=O) groups is 1. The third-order valence-electron chi connectivity index (χ3n) is 5.22. The van der Waals surface area contributed by atoms with Crippen LogP contribution < -0.4 is 16.1 Å². The van der Waals surface area contributed by atoms with Crippen LogP contribution in [-0.2, 0) is 11.3 Å². The van der Waals surface area contributed by atoms with Crippen LogP contribution in [0.5, 0.6) is 5.75 Å². The standard InChI is InChI=1S/C22H24N8O3/c1-3-29(4-2)15-10-9-14(18(31)11-15)12-24-26-19(32)13-30-17-8-6-5-7-16(17)25-22(30)20-21(23)28-33-27-20/h5-12,31H,3-4,13H2,1-2H3,(H2,23,28)(H,26,32)/b24-12-. The van der Waals surface area contributed by atoms with Crippen LogP contribution in [0, 0.1) is 0 Å². The predicted octanol–water partition coefficient (Wildman–Crippen LogP) is 2.37. The van der Waals surface area contributed by atoms with Crippen molar-refractivity contribution in [2.75, 3.05) is 23.7 Å². The fourth-order valence-corrected chi connectivity index (χ4v) is 3.55. The molecule has 0 aliphatic carbocycles. The number of nitrogens with two attached hydrogens (primary N) is 1. The van der Waals surface area contributed by atoms with Gasteiger partial charge in [-0.25, -0.2) is 15.0 Å². The fourth-order valence-electron chi connectivity index (χ4n) is 3.55. The number of benzene rings is 2. The number of phenols is 1. The maximum atomic E-state index is 12.6. The van der Waals surface area contributed by atoms with Crippen molar-refractivity contribution >= 4 is 34.7 Å². The van der Waals surface area contributed by atoms with Crippen LogP contribution in [0.1, 0.15) is 19.4 Å². The fraction of sp³-hybridized carbons (Fsp3) is 0.227. The maximum Gasteiger partial charge on any atom is 0.260 e. The van der Waals surface area contributed by atoms with Crippen LogP contribution in [0.15, 0.2) is 52.2 Å². The van der Waals surface area contributed by atoms with Crippen molar-refractivity contribution in [3.8, 4) is 17.3 Å². The quantitative estimate of drug-likeness (QED) is 0.275. The summed E-state index contributed by atoms with van der Waals surface area (Å²) in [4.78, 5) is 19.3. The monoisotopic (exact) mass is 448 g/mol. The van der Waals surface area contributed by atoms with Crippen molar-refractivity contribution in [3.05, 3.63) is 48.0 Å². The van der Waals surface area contributed by atoms with E-state index in [1.165, 1.54) is 6.21 Å². The zero-order valence-corrected chi connectivity index (χ0v) is 18.3. The molecule has 0 radical (unpaired) electrons. The molecule has 0 fully saturated rings. The highest BCUT2D eigenvalue weighted by Crippen LogP contribution is 2.26. The predicted molar refractivity (Wildman–Crippen MR) is 125 cm³/mol. The maximum absolute atomic E-state index is 12.6. The molecule has 0 spiro atoms. The van der Waals surface area contributed by atoms with Gasteiger partial charge in [-0.1, -0.05) is 12.1 Å². The van der Waals surface area contributed by atoms with Gasteiger partial charge in [0.25, 0.3) is 5.91 Å². The van der Waals surface area contributed by atoms with Gasteiger partial charge in [0.05, 0.1) is 17.2 Å². The molecule has 0 saturated carbocycles. The lowest BCUT2D eigenvalue weighted by Crippen LogP contribution is -2.23. The summed E-state index contributed by atoms with van der Waals surface area (Å²) in [5.41, 5.74) is 11.4. The van der Waals surface area contributed by atoms with Gasteiger partial charge >= 0.3 is 0 Å². The Bertz CT molecular complexity index is 1310. The number of amides is 1. The number of hydrazone groups is 1. The average Bonchev–Trinajstić information content (AvgIpc) is 3.39. The number of imidazole rings is 1. The van der Waals surface area contributed by atoms with Gasteiger partial charge in [0.2, 0.25) is 0 Å². The number of nitrogens with zero attached hydrogens (tertiary/aromatic N) is 6. The van der Waals surface area contributed by atoms with E-state index in [9.17, 15) is 9.90 Å². The van der Waals surface area contributed by atoms with Crippen LogP contribution in [-0.4, -0.2) is 50.2 Å². The van der Waals surface area contributed by atoms with Gasteiger partial charge in [-0.05, 0) is 48.4 Å².